The number of rotatable bonds is 3. The van der Waals surface area contributed by atoms with Crippen molar-refractivity contribution < 1.29 is 0 Å². The number of benzene rings is 1. The van der Waals surface area contributed by atoms with Crippen LogP contribution in [0.25, 0.3) is 0 Å². The van der Waals surface area contributed by atoms with E-state index in [1.165, 1.54) is 0 Å². The molecule has 1 aromatic rings. The molecule has 17 heavy (non-hydrogen) atoms. The lowest BCUT2D eigenvalue weighted by Crippen LogP contribution is -2.42. The smallest absolute Gasteiger partial charge is 0.0744 e. The molecule has 2 nitrogen and oxygen atoms in total. The average Bonchev–Trinajstić information content (AvgIpc) is 2.31. The summed E-state index contributed by atoms with van der Waals surface area (Å²) >= 11 is 12.4. The molecular weight excluding hydrogens is 255 g/mol. The SMILES string of the molecule is CCNC1CCN(c2c(Cl)cccc2Cl)CC1. The van der Waals surface area contributed by atoms with Crippen LogP contribution in [0.4, 0.5) is 5.69 Å². The molecule has 0 unspecified atom stereocenters. The van der Waals surface area contributed by atoms with Crippen LogP contribution in [-0.2, 0) is 0 Å². The Kier molecular flexibility index (Phi) is 4.55. The van der Waals surface area contributed by atoms with Gasteiger partial charge in [0.2, 0.25) is 0 Å². The minimum atomic E-state index is 0.637. The van der Waals surface area contributed by atoms with Crippen LogP contribution in [0, 0.1) is 0 Å². The van der Waals surface area contributed by atoms with Crippen molar-refractivity contribution >= 4 is 28.9 Å². The minimum absolute atomic E-state index is 0.637. The molecule has 0 saturated carbocycles. The lowest BCUT2D eigenvalue weighted by Gasteiger charge is -2.34. The molecule has 0 spiro atoms. The van der Waals surface area contributed by atoms with Gasteiger partial charge in [0.05, 0.1) is 15.7 Å². The molecule has 1 fully saturated rings. The van der Waals surface area contributed by atoms with Crippen molar-refractivity contribution in [2.75, 3.05) is 24.5 Å². The van der Waals surface area contributed by atoms with Crippen LogP contribution in [0.15, 0.2) is 18.2 Å². The van der Waals surface area contributed by atoms with Gasteiger partial charge in [-0.05, 0) is 31.5 Å². The number of hydrogen-bond acceptors (Lipinski definition) is 2. The number of nitrogens with one attached hydrogen (secondary N) is 1. The Bertz CT molecular complexity index is 353. The van der Waals surface area contributed by atoms with Crippen molar-refractivity contribution in [3.8, 4) is 0 Å². The maximum absolute atomic E-state index is 6.22. The molecule has 1 aliphatic heterocycles. The van der Waals surface area contributed by atoms with Crippen LogP contribution in [0.5, 0.6) is 0 Å². The lowest BCUT2D eigenvalue weighted by atomic mass is 10.0. The van der Waals surface area contributed by atoms with Crippen molar-refractivity contribution in [3.63, 3.8) is 0 Å². The normalized spacial score (nSPS) is 17.5. The molecule has 1 saturated heterocycles. The van der Waals surface area contributed by atoms with Gasteiger partial charge in [-0.25, -0.2) is 0 Å². The summed E-state index contributed by atoms with van der Waals surface area (Å²) in [5, 5.41) is 4.99. The highest BCUT2D eigenvalue weighted by Gasteiger charge is 2.21. The van der Waals surface area contributed by atoms with Crippen molar-refractivity contribution in [1.82, 2.24) is 5.32 Å². The van der Waals surface area contributed by atoms with Crippen molar-refractivity contribution in [3.05, 3.63) is 28.2 Å². The summed E-state index contributed by atoms with van der Waals surface area (Å²) < 4.78 is 0. The predicted octanol–water partition coefficient (Wildman–Crippen LogP) is 3.57. The molecule has 0 amide bonds. The Balaban J connectivity index is 2.05. The van der Waals surface area contributed by atoms with Gasteiger partial charge in [0.15, 0.2) is 0 Å². The molecule has 0 aliphatic carbocycles. The second-order valence-electron chi connectivity index (χ2n) is 4.39. The molecule has 2 rings (SSSR count). The van der Waals surface area contributed by atoms with Crippen molar-refractivity contribution in [1.29, 1.82) is 0 Å². The fourth-order valence-electron chi connectivity index (χ4n) is 2.39. The Morgan fingerprint density at radius 1 is 1.24 bits per heavy atom. The van der Waals surface area contributed by atoms with E-state index in [1.54, 1.807) is 0 Å². The van der Waals surface area contributed by atoms with E-state index in [-0.39, 0.29) is 0 Å². The zero-order valence-electron chi connectivity index (χ0n) is 10.0. The Hall–Kier alpha value is -0.440. The van der Waals surface area contributed by atoms with E-state index in [4.69, 9.17) is 23.2 Å². The number of para-hydroxylation sites is 1. The van der Waals surface area contributed by atoms with Gasteiger partial charge in [0.1, 0.15) is 0 Å². The molecule has 1 heterocycles. The number of halogens is 2. The molecule has 4 heteroatoms. The first-order chi connectivity index (χ1) is 8.22. The highest BCUT2D eigenvalue weighted by atomic mass is 35.5. The summed E-state index contributed by atoms with van der Waals surface area (Å²) in [5.74, 6) is 0. The van der Waals surface area contributed by atoms with Gasteiger partial charge >= 0.3 is 0 Å². The third-order valence-electron chi connectivity index (χ3n) is 3.24. The maximum Gasteiger partial charge on any atom is 0.0744 e. The monoisotopic (exact) mass is 272 g/mol. The topological polar surface area (TPSA) is 15.3 Å². The first-order valence-electron chi connectivity index (χ1n) is 6.14. The average molecular weight is 273 g/mol. The summed E-state index contributed by atoms with van der Waals surface area (Å²) in [6, 6.07) is 6.33. The third-order valence-corrected chi connectivity index (χ3v) is 3.85. The Labute approximate surface area is 113 Å². The van der Waals surface area contributed by atoms with Gasteiger partial charge in [0.25, 0.3) is 0 Å². The zero-order chi connectivity index (χ0) is 12.3. The second-order valence-corrected chi connectivity index (χ2v) is 5.20. The summed E-state index contributed by atoms with van der Waals surface area (Å²) in [5.41, 5.74) is 0.991. The van der Waals surface area contributed by atoms with E-state index in [9.17, 15) is 0 Å². The van der Waals surface area contributed by atoms with E-state index >= 15 is 0 Å². The van der Waals surface area contributed by atoms with Crippen LogP contribution in [-0.4, -0.2) is 25.7 Å². The second kappa shape index (κ2) is 5.94. The van der Waals surface area contributed by atoms with Crippen LogP contribution in [0.3, 0.4) is 0 Å². The van der Waals surface area contributed by atoms with Crippen LogP contribution in [0.2, 0.25) is 10.0 Å². The molecule has 0 aromatic heterocycles. The molecular formula is C13H18Cl2N2. The quantitative estimate of drug-likeness (QED) is 0.905. The van der Waals surface area contributed by atoms with Gasteiger partial charge in [-0.15, -0.1) is 0 Å². The van der Waals surface area contributed by atoms with Gasteiger partial charge in [-0.1, -0.05) is 36.2 Å². The van der Waals surface area contributed by atoms with Gasteiger partial charge in [0, 0.05) is 19.1 Å². The van der Waals surface area contributed by atoms with Crippen molar-refractivity contribution in [2.24, 2.45) is 0 Å². The van der Waals surface area contributed by atoms with Crippen LogP contribution >= 0.6 is 23.2 Å². The standard InChI is InChI=1S/C13H18Cl2N2/c1-2-16-10-6-8-17(9-7-10)13-11(14)4-3-5-12(13)15/h3-5,10,16H,2,6-9H2,1H3. The largest absolute Gasteiger partial charge is 0.369 e. The molecule has 0 bridgehead atoms. The minimum Gasteiger partial charge on any atom is -0.369 e. The maximum atomic E-state index is 6.22. The highest BCUT2D eigenvalue weighted by molar-refractivity contribution is 6.39. The predicted molar refractivity (Wildman–Crippen MR) is 75.4 cm³/mol. The molecule has 1 aliphatic rings. The van der Waals surface area contributed by atoms with Crippen LogP contribution in [0.1, 0.15) is 19.8 Å². The van der Waals surface area contributed by atoms with E-state index in [1.807, 2.05) is 18.2 Å². The molecule has 0 radical (unpaired) electrons. The Morgan fingerprint density at radius 3 is 2.35 bits per heavy atom. The van der Waals surface area contributed by atoms with Crippen molar-refractivity contribution in [2.45, 2.75) is 25.8 Å². The summed E-state index contributed by atoms with van der Waals surface area (Å²) in [6.07, 6.45) is 2.30. The lowest BCUT2D eigenvalue weighted by molar-refractivity contribution is 0.424. The molecule has 1 N–H and O–H groups in total. The molecule has 1 aromatic carbocycles. The molecule has 94 valence electrons. The third kappa shape index (κ3) is 3.06. The fraction of sp³-hybridized carbons (Fsp3) is 0.538. The van der Waals surface area contributed by atoms with E-state index < -0.39 is 0 Å². The molecule has 0 atom stereocenters. The summed E-state index contributed by atoms with van der Waals surface area (Å²) in [4.78, 5) is 2.29. The van der Waals surface area contributed by atoms with Crippen LogP contribution < -0.4 is 10.2 Å². The number of piperidine rings is 1. The summed E-state index contributed by atoms with van der Waals surface area (Å²) in [7, 11) is 0. The van der Waals surface area contributed by atoms with Gasteiger partial charge < -0.3 is 10.2 Å². The van der Waals surface area contributed by atoms with Gasteiger partial charge in [-0.2, -0.15) is 0 Å². The number of hydrogen-bond donors (Lipinski definition) is 1. The van der Waals surface area contributed by atoms with Gasteiger partial charge in [-0.3, -0.25) is 0 Å². The highest BCUT2D eigenvalue weighted by Crippen LogP contribution is 2.34. The first-order valence-corrected chi connectivity index (χ1v) is 6.90. The summed E-state index contributed by atoms with van der Waals surface area (Å²) in [6.45, 7) is 5.22. The zero-order valence-corrected chi connectivity index (χ0v) is 11.6. The first kappa shape index (κ1) is 13.0. The Morgan fingerprint density at radius 2 is 1.82 bits per heavy atom. The van der Waals surface area contributed by atoms with E-state index in [0.717, 1.165) is 48.2 Å². The van der Waals surface area contributed by atoms with E-state index in [2.05, 4.69) is 17.1 Å². The number of anilines is 1. The number of nitrogens with zero attached hydrogens (tertiary/aromatic N) is 1. The fourth-order valence-corrected chi connectivity index (χ4v) is 3.02. The van der Waals surface area contributed by atoms with E-state index in [0.29, 0.717) is 6.04 Å².